The molecule has 1 aliphatic heterocycles. The second-order valence-corrected chi connectivity index (χ2v) is 12.0. The average Bonchev–Trinajstić information content (AvgIpc) is 3.02. The molecule has 0 bridgehead atoms. The zero-order chi connectivity index (χ0) is 19.1. The molecule has 3 rings (SSSR count). The topological polar surface area (TPSA) is 74.8 Å². The first-order chi connectivity index (χ1) is 12.1. The summed E-state index contributed by atoms with van der Waals surface area (Å²) in [6.45, 7) is -0.352. The Hall–Kier alpha value is -0.920. The van der Waals surface area contributed by atoms with Crippen molar-refractivity contribution in [1.29, 1.82) is 0 Å². The van der Waals surface area contributed by atoms with Crippen LogP contribution in [0, 0.1) is 11.6 Å². The highest BCUT2D eigenvalue weighted by molar-refractivity contribution is 9.11. The second kappa shape index (κ2) is 7.24. The van der Waals surface area contributed by atoms with Crippen molar-refractivity contribution >= 4 is 47.3 Å². The van der Waals surface area contributed by atoms with Crippen LogP contribution in [0.15, 0.2) is 43.2 Å². The first kappa shape index (κ1) is 19.8. The van der Waals surface area contributed by atoms with Crippen LogP contribution in [0.1, 0.15) is 0 Å². The molecule has 0 atom stereocenters. The second-order valence-electron chi connectivity index (χ2n) is 5.44. The SMILES string of the molecule is O=S(=O)(c1ccc(Br)s1)N1CCN(S(=O)(=O)c2ccc(F)cc2F)CC1. The number of thiophene rings is 1. The zero-order valence-corrected chi connectivity index (χ0v) is 17.1. The molecule has 0 N–H and O–H groups in total. The molecule has 0 unspecified atom stereocenters. The molecule has 0 spiro atoms. The van der Waals surface area contributed by atoms with Crippen LogP contribution in [0.25, 0.3) is 0 Å². The summed E-state index contributed by atoms with van der Waals surface area (Å²) in [6.07, 6.45) is 0. The van der Waals surface area contributed by atoms with Gasteiger partial charge in [-0.05, 0) is 40.2 Å². The lowest BCUT2D eigenvalue weighted by Crippen LogP contribution is -2.50. The van der Waals surface area contributed by atoms with Gasteiger partial charge in [0.25, 0.3) is 10.0 Å². The third-order valence-electron chi connectivity index (χ3n) is 3.85. The van der Waals surface area contributed by atoms with Gasteiger partial charge in [0.15, 0.2) is 0 Å². The number of hydrogen-bond donors (Lipinski definition) is 0. The normalized spacial score (nSPS) is 17.5. The molecular formula is C14H13BrF2N2O4S3. The van der Waals surface area contributed by atoms with E-state index in [-0.39, 0.29) is 30.4 Å². The molecule has 6 nitrogen and oxygen atoms in total. The maximum Gasteiger partial charge on any atom is 0.252 e. The molecule has 26 heavy (non-hydrogen) atoms. The van der Waals surface area contributed by atoms with Gasteiger partial charge in [0.05, 0.1) is 3.79 Å². The van der Waals surface area contributed by atoms with E-state index in [1.165, 1.54) is 10.4 Å². The van der Waals surface area contributed by atoms with Crippen LogP contribution in [0.3, 0.4) is 0 Å². The summed E-state index contributed by atoms with van der Waals surface area (Å²) in [7, 11) is -7.89. The largest absolute Gasteiger partial charge is 0.252 e. The Kier molecular flexibility index (Phi) is 5.53. The van der Waals surface area contributed by atoms with E-state index >= 15 is 0 Å². The van der Waals surface area contributed by atoms with Gasteiger partial charge in [0.1, 0.15) is 20.7 Å². The monoisotopic (exact) mass is 486 g/mol. The number of sulfonamides is 2. The minimum absolute atomic E-state index is 0.0557. The van der Waals surface area contributed by atoms with E-state index in [4.69, 9.17) is 0 Å². The van der Waals surface area contributed by atoms with Crippen molar-refractivity contribution in [2.24, 2.45) is 0 Å². The molecular weight excluding hydrogens is 474 g/mol. The van der Waals surface area contributed by atoms with Crippen LogP contribution < -0.4 is 0 Å². The fraction of sp³-hybridized carbons (Fsp3) is 0.286. The van der Waals surface area contributed by atoms with Crippen molar-refractivity contribution < 1.29 is 25.6 Å². The maximum absolute atomic E-state index is 13.8. The number of nitrogens with zero attached hydrogens (tertiary/aromatic N) is 2. The minimum Gasteiger partial charge on any atom is -0.207 e. The number of benzene rings is 1. The van der Waals surface area contributed by atoms with E-state index in [1.54, 1.807) is 6.07 Å². The molecule has 0 amide bonds. The lowest BCUT2D eigenvalue weighted by Gasteiger charge is -2.33. The highest BCUT2D eigenvalue weighted by Gasteiger charge is 2.35. The van der Waals surface area contributed by atoms with Crippen LogP contribution >= 0.6 is 27.3 Å². The molecule has 12 heteroatoms. The fourth-order valence-corrected chi connectivity index (χ4v) is 7.59. The van der Waals surface area contributed by atoms with Gasteiger partial charge in [-0.1, -0.05) is 0 Å². The van der Waals surface area contributed by atoms with Crippen LogP contribution in [0.2, 0.25) is 0 Å². The highest BCUT2D eigenvalue weighted by atomic mass is 79.9. The van der Waals surface area contributed by atoms with Gasteiger partial charge >= 0.3 is 0 Å². The van der Waals surface area contributed by atoms with Gasteiger partial charge in [-0.25, -0.2) is 25.6 Å². The van der Waals surface area contributed by atoms with E-state index in [2.05, 4.69) is 15.9 Å². The lowest BCUT2D eigenvalue weighted by atomic mass is 10.3. The number of hydrogen-bond acceptors (Lipinski definition) is 5. The zero-order valence-electron chi connectivity index (χ0n) is 13.1. The number of halogens is 3. The average molecular weight is 487 g/mol. The third kappa shape index (κ3) is 3.71. The maximum atomic E-state index is 13.8. The minimum atomic E-state index is -4.17. The Labute approximate surface area is 162 Å². The van der Waals surface area contributed by atoms with Crippen molar-refractivity contribution in [3.63, 3.8) is 0 Å². The van der Waals surface area contributed by atoms with E-state index in [1.807, 2.05) is 0 Å². The van der Waals surface area contributed by atoms with Gasteiger partial charge in [0, 0.05) is 32.2 Å². The Balaban J connectivity index is 1.78. The van der Waals surface area contributed by atoms with Crippen LogP contribution in [-0.4, -0.2) is 51.6 Å². The van der Waals surface area contributed by atoms with Crippen molar-refractivity contribution in [1.82, 2.24) is 8.61 Å². The molecule has 2 heterocycles. The van der Waals surface area contributed by atoms with Gasteiger partial charge in [-0.3, -0.25) is 0 Å². The highest BCUT2D eigenvalue weighted by Crippen LogP contribution is 2.29. The van der Waals surface area contributed by atoms with Crippen molar-refractivity contribution in [2.45, 2.75) is 9.10 Å². The summed E-state index contributed by atoms with van der Waals surface area (Å²) in [5.41, 5.74) is 0. The van der Waals surface area contributed by atoms with E-state index < -0.39 is 36.6 Å². The first-order valence-electron chi connectivity index (χ1n) is 7.33. The molecule has 0 saturated carbocycles. The number of piperazine rings is 1. The van der Waals surface area contributed by atoms with Crippen molar-refractivity contribution in [3.05, 3.63) is 45.8 Å². The number of rotatable bonds is 4. The van der Waals surface area contributed by atoms with E-state index in [9.17, 15) is 25.6 Å². The molecule has 1 aromatic heterocycles. The Morgan fingerprint density at radius 3 is 1.96 bits per heavy atom. The van der Waals surface area contributed by atoms with Crippen molar-refractivity contribution in [2.75, 3.05) is 26.2 Å². The molecule has 1 aromatic carbocycles. The predicted molar refractivity (Wildman–Crippen MR) is 95.9 cm³/mol. The summed E-state index contributed by atoms with van der Waals surface area (Å²) >= 11 is 4.27. The third-order valence-corrected chi connectivity index (χ3v) is 9.77. The molecule has 142 valence electrons. The molecule has 0 radical (unpaired) electrons. The van der Waals surface area contributed by atoms with Crippen LogP contribution in [0.4, 0.5) is 8.78 Å². The lowest BCUT2D eigenvalue weighted by molar-refractivity contribution is 0.272. The standard InChI is InChI=1S/C14H13BrF2N2O4S3/c15-13-3-4-14(24-13)26(22,23)19-7-5-18(6-8-19)25(20,21)12-2-1-10(16)9-11(12)17/h1-4,9H,5-8H2. The summed E-state index contributed by atoms with van der Waals surface area (Å²) in [4.78, 5) is -0.627. The molecule has 0 aliphatic carbocycles. The first-order valence-corrected chi connectivity index (χ1v) is 11.8. The van der Waals surface area contributed by atoms with Gasteiger partial charge in [-0.2, -0.15) is 8.61 Å². The fourth-order valence-electron chi connectivity index (χ4n) is 2.54. The van der Waals surface area contributed by atoms with Gasteiger partial charge < -0.3 is 0 Å². The Morgan fingerprint density at radius 2 is 1.46 bits per heavy atom. The summed E-state index contributed by atoms with van der Waals surface area (Å²) in [6, 6.07) is 5.33. The molecule has 1 aliphatic rings. The van der Waals surface area contributed by atoms with E-state index in [0.29, 0.717) is 9.85 Å². The summed E-state index contributed by atoms with van der Waals surface area (Å²) in [5.74, 6) is -2.05. The van der Waals surface area contributed by atoms with Gasteiger partial charge in [-0.15, -0.1) is 11.3 Å². The van der Waals surface area contributed by atoms with E-state index in [0.717, 1.165) is 27.8 Å². The Morgan fingerprint density at radius 1 is 0.885 bits per heavy atom. The van der Waals surface area contributed by atoms with Crippen LogP contribution in [-0.2, 0) is 20.0 Å². The Bertz CT molecular complexity index is 1030. The summed E-state index contributed by atoms with van der Waals surface area (Å²) in [5, 5.41) is 0. The van der Waals surface area contributed by atoms with Gasteiger partial charge in [0.2, 0.25) is 10.0 Å². The summed E-state index contributed by atoms with van der Waals surface area (Å²) < 4.78 is 80.1. The molecule has 2 aromatic rings. The van der Waals surface area contributed by atoms with Crippen molar-refractivity contribution in [3.8, 4) is 0 Å². The quantitative estimate of drug-likeness (QED) is 0.665. The molecule has 1 saturated heterocycles. The molecule has 1 fully saturated rings. The predicted octanol–water partition coefficient (Wildman–Crippen LogP) is 2.48. The van der Waals surface area contributed by atoms with Crippen LogP contribution in [0.5, 0.6) is 0 Å². The smallest absolute Gasteiger partial charge is 0.207 e.